The van der Waals surface area contributed by atoms with Crippen LogP contribution in [0.5, 0.6) is 0 Å². The highest BCUT2D eigenvalue weighted by Crippen LogP contribution is 2.36. The van der Waals surface area contributed by atoms with E-state index >= 15 is 0 Å². The SMILES string of the molecule is NC(=O)c1cccc2c1c1ccc(-c3ccco3)cc1n2Cc1c(F)cccc1Cl. The Morgan fingerprint density at radius 3 is 2.60 bits per heavy atom. The van der Waals surface area contributed by atoms with Crippen LogP contribution >= 0.6 is 11.6 Å². The lowest BCUT2D eigenvalue weighted by atomic mass is 10.0. The van der Waals surface area contributed by atoms with Crippen molar-refractivity contribution in [2.24, 2.45) is 5.73 Å². The van der Waals surface area contributed by atoms with Crippen LogP contribution in [0.15, 0.2) is 77.4 Å². The Balaban J connectivity index is 1.85. The standard InChI is InChI=1S/C24H16ClFN2O2/c25-18-5-2-6-19(26)17(18)13-28-20-7-1-4-16(24(27)29)23(20)15-10-9-14(12-21(15)28)22-8-3-11-30-22/h1-12H,13H2,(H2,27,29). The number of halogens is 2. The van der Waals surface area contributed by atoms with Crippen molar-refractivity contribution in [2.75, 3.05) is 0 Å². The molecule has 2 heterocycles. The molecular weight excluding hydrogens is 403 g/mol. The highest BCUT2D eigenvalue weighted by atomic mass is 35.5. The maximum Gasteiger partial charge on any atom is 0.249 e. The fraction of sp³-hybridized carbons (Fsp3) is 0.0417. The van der Waals surface area contributed by atoms with Gasteiger partial charge in [0.15, 0.2) is 0 Å². The van der Waals surface area contributed by atoms with Gasteiger partial charge in [0.25, 0.3) is 0 Å². The molecule has 5 rings (SSSR count). The Kier molecular flexibility index (Phi) is 4.33. The molecule has 4 nitrogen and oxygen atoms in total. The highest BCUT2D eigenvalue weighted by Gasteiger charge is 2.19. The Labute approximate surface area is 176 Å². The van der Waals surface area contributed by atoms with Crippen LogP contribution in [0.4, 0.5) is 4.39 Å². The molecule has 5 aromatic rings. The molecule has 2 aromatic heterocycles. The smallest absolute Gasteiger partial charge is 0.249 e. The van der Waals surface area contributed by atoms with Gasteiger partial charge in [-0.3, -0.25) is 4.79 Å². The summed E-state index contributed by atoms with van der Waals surface area (Å²) in [6, 6.07) is 19.5. The largest absolute Gasteiger partial charge is 0.464 e. The van der Waals surface area contributed by atoms with Crippen LogP contribution in [0.3, 0.4) is 0 Å². The number of hydrogen-bond acceptors (Lipinski definition) is 2. The van der Waals surface area contributed by atoms with Crippen molar-refractivity contribution >= 4 is 39.3 Å². The normalized spacial score (nSPS) is 11.4. The minimum absolute atomic E-state index is 0.204. The molecule has 2 N–H and O–H groups in total. The minimum atomic E-state index is -0.515. The van der Waals surface area contributed by atoms with Gasteiger partial charge in [-0.2, -0.15) is 0 Å². The van der Waals surface area contributed by atoms with Gasteiger partial charge in [-0.25, -0.2) is 4.39 Å². The van der Waals surface area contributed by atoms with Crippen LogP contribution in [-0.2, 0) is 6.54 Å². The van der Waals surface area contributed by atoms with Crippen molar-refractivity contribution in [2.45, 2.75) is 6.54 Å². The van der Waals surface area contributed by atoms with E-state index in [-0.39, 0.29) is 12.4 Å². The predicted octanol–water partition coefficient (Wildman–Crippen LogP) is 5.99. The van der Waals surface area contributed by atoms with Gasteiger partial charge in [0, 0.05) is 32.5 Å². The van der Waals surface area contributed by atoms with E-state index in [4.69, 9.17) is 21.8 Å². The zero-order chi connectivity index (χ0) is 20.8. The summed E-state index contributed by atoms with van der Waals surface area (Å²) in [5.74, 6) is -0.183. The summed E-state index contributed by atoms with van der Waals surface area (Å²) in [4.78, 5) is 12.1. The third kappa shape index (κ3) is 2.86. The van der Waals surface area contributed by atoms with Gasteiger partial charge in [0.1, 0.15) is 11.6 Å². The number of rotatable bonds is 4. The molecule has 0 spiro atoms. The van der Waals surface area contributed by atoms with Crippen LogP contribution in [0.25, 0.3) is 33.1 Å². The number of carbonyl (C=O) groups is 1. The lowest BCUT2D eigenvalue weighted by Gasteiger charge is -2.11. The average molecular weight is 419 g/mol. The number of nitrogens with two attached hydrogens (primary N) is 1. The second-order valence-electron chi connectivity index (χ2n) is 7.06. The Hall–Kier alpha value is -3.57. The molecule has 0 unspecified atom stereocenters. The molecule has 6 heteroatoms. The molecule has 0 saturated carbocycles. The molecule has 0 aliphatic rings. The average Bonchev–Trinajstić information content (AvgIpc) is 3.37. The van der Waals surface area contributed by atoms with Crippen LogP contribution < -0.4 is 5.73 Å². The van der Waals surface area contributed by atoms with E-state index in [1.807, 2.05) is 41.0 Å². The number of fused-ring (bicyclic) bond motifs is 3. The molecule has 148 valence electrons. The first-order valence-electron chi connectivity index (χ1n) is 9.36. The van der Waals surface area contributed by atoms with E-state index in [0.717, 1.165) is 27.4 Å². The molecular formula is C24H16ClFN2O2. The van der Waals surface area contributed by atoms with Crippen molar-refractivity contribution in [3.05, 3.63) is 95.0 Å². The van der Waals surface area contributed by atoms with Gasteiger partial charge >= 0.3 is 0 Å². The first-order valence-corrected chi connectivity index (χ1v) is 9.74. The summed E-state index contributed by atoms with van der Waals surface area (Å²) in [6.45, 7) is 0.204. The Bertz CT molecular complexity index is 1400. The maximum absolute atomic E-state index is 14.6. The van der Waals surface area contributed by atoms with E-state index in [2.05, 4.69) is 0 Å². The second-order valence-corrected chi connectivity index (χ2v) is 7.47. The highest BCUT2D eigenvalue weighted by molar-refractivity contribution is 6.31. The van der Waals surface area contributed by atoms with E-state index in [1.165, 1.54) is 6.07 Å². The first-order chi connectivity index (χ1) is 14.5. The molecule has 1 amide bonds. The molecule has 0 aliphatic carbocycles. The van der Waals surface area contributed by atoms with Crippen LogP contribution in [0, 0.1) is 5.82 Å². The fourth-order valence-electron chi connectivity index (χ4n) is 3.96. The molecule has 0 bridgehead atoms. The number of carbonyl (C=O) groups excluding carboxylic acids is 1. The van der Waals surface area contributed by atoms with E-state index in [9.17, 15) is 9.18 Å². The maximum atomic E-state index is 14.6. The van der Waals surface area contributed by atoms with Crippen LogP contribution in [-0.4, -0.2) is 10.5 Å². The molecule has 0 aliphatic heterocycles. The van der Waals surface area contributed by atoms with Crippen LogP contribution in [0.2, 0.25) is 5.02 Å². The van der Waals surface area contributed by atoms with Gasteiger partial charge in [0.2, 0.25) is 5.91 Å². The molecule has 30 heavy (non-hydrogen) atoms. The predicted molar refractivity (Wildman–Crippen MR) is 116 cm³/mol. The summed E-state index contributed by atoms with van der Waals surface area (Å²) in [6.07, 6.45) is 1.61. The zero-order valence-corrected chi connectivity index (χ0v) is 16.5. The van der Waals surface area contributed by atoms with Crippen molar-refractivity contribution in [3.63, 3.8) is 0 Å². The van der Waals surface area contributed by atoms with Crippen molar-refractivity contribution in [1.82, 2.24) is 4.57 Å². The topological polar surface area (TPSA) is 61.2 Å². The number of primary amides is 1. The number of aromatic nitrogens is 1. The number of benzene rings is 3. The van der Waals surface area contributed by atoms with Crippen molar-refractivity contribution < 1.29 is 13.6 Å². The summed E-state index contributed by atoms with van der Waals surface area (Å²) in [7, 11) is 0. The quantitative estimate of drug-likeness (QED) is 0.389. The summed E-state index contributed by atoms with van der Waals surface area (Å²) >= 11 is 6.30. The number of amides is 1. The molecule has 0 saturated heterocycles. The van der Waals surface area contributed by atoms with Gasteiger partial charge in [-0.15, -0.1) is 0 Å². The van der Waals surface area contributed by atoms with Crippen molar-refractivity contribution in [3.8, 4) is 11.3 Å². The third-order valence-corrected chi connectivity index (χ3v) is 5.69. The Morgan fingerprint density at radius 2 is 1.87 bits per heavy atom. The molecule has 0 atom stereocenters. The number of nitrogens with zero attached hydrogens (tertiary/aromatic N) is 1. The zero-order valence-electron chi connectivity index (χ0n) is 15.7. The van der Waals surface area contributed by atoms with E-state index in [0.29, 0.717) is 21.9 Å². The fourth-order valence-corrected chi connectivity index (χ4v) is 4.18. The second kappa shape index (κ2) is 7.04. The molecule has 0 fully saturated rings. The van der Waals surface area contributed by atoms with E-state index in [1.54, 1.807) is 30.5 Å². The monoisotopic (exact) mass is 418 g/mol. The van der Waals surface area contributed by atoms with Crippen molar-refractivity contribution in [1.29, 1.82) is 0 Å². The lowest BCUT2D eigenvalue weighted by molar-refractivity contribution is 0.100. The van der Waals surface area contributed by atoms with Gasteiger partial charge in [-0.1, -0.05) is 35.9 Å². The lowest BCUT2D eigenvalue weighted by Crippen LogP contribution is -2.11. The minimum Gasteiger partial charge on any atom is -0.464 e. The Morgan fingerprint density at radius 1 is 1.03 bits per heavy atom. The molecule has 3 aromatic carbocycles. The van der Waals surface area contributed by atoms with E-state index < -0.39 is 5.91 Å². The summed E-state index contributed by atoms with van der Waals surface area (Å²) in [5, 5.41) is 1.93. The molecule has 0 radical (unpaired) electrons. The first kappa shape index (κ1) is 18.5. The van der Waals surface area contributed by atoms with Crippen LogP contribution in [0.1, 0.15) is 15.9 Å². The summed E-state index contributed by atoms with van der Waals surface area (Å²) < 4.78 is 22.1. The summed E-state index contributed by atoms with van der Waals surface area (Å²) in [5.41, 5.74) is 8.92. The third-order valence-electron chi connectivity index (χ3n) is 5.34. The number of furan rings is 1. The van der Waals surface area contributed by atoms with Gasteiger partial charge in [0.05, 0.1) is 23.8 Å². The number of hydrogen-bond donors (Lipinski definition) is 1. The van der Waals surface area contributed by atoms with Gasteiger partial charge < -0.3 is 14.7 Å². The van der Waals surface area contributed by atoms with Gasteiger partial charge in [-0.05, 0) is 42.5 Å².